The topological polar surface area (TPSA) is 63.7 Å². The zero-order valence-electron chi connectivity index (χ0n) is 12.1. The van der Waals surface area contributed by atoms with Gasteiger partial charge in [-0.3, -0.25) is 0 Å². The Kier molecular flexibility index (Phi) is 4.07. The summed E-state index contributed by atoms with van der Waals surface area (Å²) in [6.45, 7) is 0.310. The van der Waals surface area contributed by atoms with Gasteiger partial charge in [-0.15, -0.1) is 0 Å². The van der Waals surface area contributed by atoms with E-state index in [2.05, 4.69) is 0 Å². The largest absolute Gasteiger partial charge is 0.445 e. The van der Waals surface area contributed by atoms with Gasteiger partial charge in [0, 0.05) is 22.8 Å². The molecule has 1 aliphatic heterocycles. The maximum absolute atomic E-state index is 12.4. The van der Waals surface area contributed by atoms with Crippen molar-refractivity contribution in [3.8, 4) is 0 Å². The van der Waals surface area contributed by atoms with Crippen molar-refractivity contribution >= 4 is 25.8 Å². The molecule has 2 fully saturated rings. The fourth-order valence-electron chi connectivity index (χ4n) is 3.31. The Hall–Kier alpha value is -1.27. The lowest BCUT2D eigenvalue weighted by Gasteiger charge is -2.44. The molecule has 1 aromatic carbocycles. The zero-order valence-corrected chi connectivity index (χ0v) is 13.6. The molecule has 3 rings (SSSR count). The highest BCUT2D eigenvalue weighted by Gasteiger charge is 2.54. The SMILES string of the molecule is O=C(OCc1ccccc1)N1CC(S(=O)(=O)Cl)CC12CCC2. The molecule has 1 saturated carbocycles. The summed E-state index contributed by atoms with van der Waals surface area (Å²) in [5.74, 6) is 0. The lowest BCUT2D eigenvalue weighted by Crippen LogP contribution is -2.52. The summed E-state index contributed by atoms with van der Waals surface area (Å²) >= 11 is 0. The number of hydrogen-bond donors (Lipinski definition) is 0. The van der Waals surface area contributed by atoms with Crippen molar-refractivity contribution in [2.24, 2.45) is 0 Å². The second kappa shape index (κ2) is 5.74. The fourth-order valence-corrected chi connectivity index (χ4v) is 4.50. The van der Waals surface area contributed by atoms with Crippen molar-refractivity contribution in [3.63, 3.8) is 0 Å². The fraction of sp³-hybridized carbons (Fsp3) is 0.533. The van der Waals surface area contributed by atoms with Crippen LogP contribution in [0.4, 0.5) is 4.79 Å². The van der Waals surface area contributed by atoms with E-state index >= 15 is 0 Å². The average Bonchev–Trinajstić information content (AvgIpc) is 2.87. The van der Waals surface area contributed by atoms with Crippen LogP contribution in [-0.4, -0.2) is 36.7 Å². The van der Waals surface area contributed by atoms with Gasteiger partial charge in [0.2, 0.25) is 9.05 Å². The number of halogens is 1. The van der Waals surface area contributed by atoms with Crippen LogP contribution >= 0.6 is 10.7 Å². The number of hydrogen-bond acceptors (Lipinski definition) is 4. The molecule has 1 unspecified atom stereocenters. The first-order valence-corrected chi connectivity index (χ1v) is 9.70. The molecule has 2 aliphatic rings. The van der Waals surface area contributed by atoms with Gasteiger partial charge in [-0.25, -0.2) is 13.2 Å². The predicted molar refractivity (Wildman–Crippen MR) is 83.1 cm³/mol. The van der Waals surface area contributed by atoms with Crippen molar-refractivity contribution in [2.45, 2.75) is 43.1 Å². The number of amides is 1. The van der Waals surface area contributed by atoms with Gasteiger partial charge in [0.05, 0.1) is 5.25 Å². The van der Waals surface area contributed by atoms with E-state index in [9.17, 15) is 13.2 Å². The summed E-state index contributed by atoms with van der Waals surface area (Å²) in [6.07, 6.45) is 2.59. The van der Waals surface area contributed by atoms with Crippen LogP contribution in [0.15, 0.2) is 30.3 Å². The second-order valence-electron chi connectivity index (χ2n) is 6.03. The molecule has 120 valence electrons. The van der Waals surface area contributed by atoms with Crippen molar-refractivity contribution in [1.29, 1.82) is 0 Å². The standard InChI is InChI=1S/C15H18ClNO4S/c16-22(19,20)13-9-15(7-4-8-15)17(10-13)14(18)21-11-12-5-2-1-3-6-12/h1-3,5-6,13H,4,7-11H2. The van der Waals surface area contributed by atoms with Crippen LogP contribution in [0.25, 0.3) is 0 Å². The minimum absolute atomic E-state index is 0.124. The molecule has 1 aliphatic carbocycles. The van der Waals surface area contributed by atoms with Gasteiger partial charge in [0.15, 0.2) is 0 Å². The minimum atomic E-state index is -3.66. The highest BCUT2D eigenvalue weighted by Crippen LogP contribution is 2.47. The number of carbonyl (C=O) groups is 1. The van der Waals surface area contributed by atoms with E-state index in [4.69, 9.17) is 15.4 Å². The lowest BCUT2D eigenvalue weighted by molar-refractivity contribution is 0.0307. The molecule has 0 aromatic heterocycles. The molecular formula is C15H18ClNO4S. The van der Waals surface area contributed by atoms with Crippen molar-refractivity contribution in [1.82, 2.24) is 4.90 Å². The average molecular weight is 344 g/mol. The molecule has 0 radical (unpaired) electrons. The van der Waals surface area contributed by atoms with E-state index in [1.165, 1.54) is 0 Å². The van der Waals surface area contributed by atoms with Crippen molar-refractivity contribution < 1.29 is 17.9 Å². The molecule has 0 bridgehead atoms. The lowest BCUT2D eigenvalue weighted by atomic mass is 9.75. The van der Waals surface area contributed by atoms with Crippen LogP contribution in [0.3, 0.4) is 0 Å². The Morgan fingerprint density at radius 3 is 2.55 bits per heavy atom. The number of likely N-dealkylation sites (tertiary alicyclic amines) is 1. The van der Waals surface area contributed by atoms with Crippen LogP contribution < -0.4 is 0 Å². The monoisotopic (exact) mass is 343 g/mol. The van der Waals surface area contributed by atoms with Crippen LogP contribution in [0, 0.1) is 0 Å². The third-order valence-electron chi connectivity index (χ3n) is 4.67. The first-order valence-electron chi connectivity index (χ1n) is 7.33. The number of rotatable bonds is 3. The highest BCUT2D eigenvalue weighted by molar-refractivity contribution is 8.14. The molecule has 1 aromatic rings. The van der Waals surface area contributed by atoms with Gasteiger partial charge in [-0.1, -0.05) is 30.3 Å². The summed E-state index contributed by atoms with van der Waals surface area (Å²) in [5, 5.41) is -0.696. The molecule has 1 atom stereocenters. The molecule has 0 N–H and O–H groups in total. The van der Waals surface area contributed by atoms with Gasteiger partial charge in [-0.2, -0.15) is 0 Å². The first kappa shape index (κ1) is 15.6. The van der Waals surface area contributed by atoms with E-state index in [-0.39, 0.29) is 18.7 Å². The summed E-state index contributed by atoms with van der Waals surface area (Å²) in [7, 11) is 1.82. The Bertz CT molecular complexity index is 657. The number of benzene rings is 1. The molecule has 7 heteroatoms. The number of carbonyl (C=O) groups excluding carboxylic acids is 1. The van der Waals surface area contributed by atoms with E-state index in [0.29, 0.717) is 6.42 Å². The van der Waals surface area contributed by atoms with Gasteiger partial charge in [0.25, 0.3) is 0 Å². The quantitative estimate of drug-likeness (QED) is 0.792. The van der Waals surface area contributed by atoms with E-state index in [1.807, 2.05) is 30.3 Å². The third-order valence-corrected chi connectivity index (χ3v) is 6.54. The van der Waals surface area contributed by atoms with Gasteiger partial charge < -0.3 is 9.64 Å². The summed E-state index contributed by atoms with van der Waals surface area (Å²) in [4.78, 5) is 13.9. The predicted octanol–water partition coefficient (Wildman–Crippen LogP) is 2.89. The van der Waals surface area contributed by atoms with Gasteiger partial charge >= 0.3 is 6.09 Å². The van der Waals surface area contributed by atoms with Crippen LogP contribution in [0.2, 0.25) is 0 Å². The molecule has 1 spiro atoms. The molecule has 1 saturated heterocycles. The highest BCUT2D eigenvalue weighted by atomic mass is 35.7. The smallest absolute Gasteiger partial charge is 0.410 e. The van der Waals surface area contributed by atoms with Crippen molar-refractivity contribution in [2.75, 3.05) is 6.54 Å². The van der Waals surface area contributed by atoms with E-state index in [1.54, 1.807) is 4.90 Å². The molecular weight excluding hydrogens is 326 g/mol. The Morgan fingerprint density at radius 1 is 1.32 bits per heavy atom. The summed E-state index contributed by atoms with van der Waals surface area (Å²) in [5.41, 5.74) is 0.527. The van der Waals surface area contributed by atoms with Crippen molar-refractivity contribution in [3.05, 3.63) is 35.9 Å². The number of nitrogens with zero attached hydrogens (tertiary/aromatic N) is 1. The Morgan fingerprint density at radius 2 is 2.00 bits per heavy atom. The van der Waals surface area contributed by atoms with E-state index < -0.39 is 20.4 Å². The van der Waals surface area contributed by atoms with Crippen LogP contribution in [0.1, 0.15) is 31.2 Å². The Labute approximate surface area is 134 Å². The maximum Gasteiger partial charge on any atom is 0.410 e. The Balaban J connectivity index is 1.68. The third kappa shape index (κ3) is 2.94. The van der Waals surface area contributed by atoms with Crippen LogP contribution in [-0.2, 0) is 20.4 Å². The molecule has 5 nitrogen and oxygen atoms in total. The molecule has 1 amide bonds. The summed E-state index contributed by atoms with van der Waals surface area (Å²) < 4.78 is 28.5. The van der Waals surface area contributed by atoms with Gasteiger partial charge in [-0.05, 0) is 31.2 Å². The van der Waals surface area contributed by atoms with Crippen LogP contribution in [0.5, 0.6) is 0 Å². The zero-order chi connectivity index (χ0) is 15.8. The first-order chi connectivity index (χ1) is 10.4. The second-order valence-corrected chi connectivity index (χ2v) is 8.94. The maximum atomic E-state index is 12.4. The van der Waals surface area contributed by atoms with E-state index in [0.717, 1.165) is 24.8 Å². The van der Waals surface area contributed by atoms with Gasteiger partial charge in [0.1, 0.15) is 6.61 Å². The summed E-state index contributed by atoms with van der Waals surface area (Å²) in [6, 6.07) is 9.40. The number of ether oxygens (including phenoxy) is 1. The molecule has 22 heavy (non-hydrogen) atoms. The molecule has 1 heterocycles. The minimum Gasteiger partial charge on any atom is -0.445 e. The normalized spacial score (nSPS) is 23.3.